The Labute approximate surface area is 230 Å². The maximum Gasteiger partial charge on any atom is 1.00 e. The summed E-state index contributed by atoms with van der Waals surface area (Å²) in [5.41, 5.74) is 4.09. The second-order valence-corrected chi connectivity index (χ2v) is 10.3. The minimum atomic E-state index is 0. The summed E-state index contributed by atoms with van der Waals surface area (Å²) >= 11 is 5.59. The number of hydrogen-bond donors (Lipinski definition) is 3. The van der Waals surface area contributed by atoms with E-state index in [1.165, 1.54) is 42.9 Å². The van der Waals surface area contributed by atoms with Crippen LogP contribution < -0.4 is 66.1 Å². The summed E-state index contributed by atoms with van der Waals surface area (Å²) in [6, 6.07) is 4.59. The molecule has 0 bridgehead atoms. The molecular weight excluding hydrogens is 401 g/mol. The minimum Gasteiger partial charge on any atom is -0.779 e. The second-order valence-electron chi connectivity index (χ2n) is 9.86. The average molecular weight is 451 g/mol. The molecule has 0 aliphatic carbocycles. The fourth-order valence-electron chi connectivity index (χ4n) is 2.94. The first-order valence-electron chi connectivity index (χ1n) is 11.1. The summed E-state index contributed by atoms with van der Waals surface area (Å²) in [5.74, 6) is 1.61. The second kappa shape index (κ2) is 16.6. The standard InChI is InChI=1S/C15H24S.C9H23N3.K/c1-9(2)12-7-13(10(3)4)15(16)14(8-12)11(5)6;1-10(2)6-8-12(5)9-7-11(3)4;/h7-11,16H,1-6H3;6-9H2,1-5H3;/q;;+1/p+2. The van der Waals surface area contributed by atoms with Gasteiger partial charge in [0, 0.05) is 0 Å². The van der Waals surface area contributed by atoms with Crippen LogP contribution in [0.25, 0.3) is 0 Å². The maximum atomic E-state index is 5.59. The van der Waals surface area contributed by atoms with E-state index in [9.17, 15) is 0 Å². The van der Waals surface area contributed by atoms with Crippen LogP contribution in [0, 0.1) is 0 Å². The number of rotatable bonds is 9. The van der Waals surface area contributed by atoms with Gasteiger partial charge in [-0.1, -0.05) is 64.8 Å². The molecule has 0 saturated carbocycles. The van der Waals surface area contributed by atoms with Gasteiger partial charge in [0.05, 0.1) is 35.2 Å². The van der Waals surface area contributed by atoms with Gasteiger partial charge in [0.1, 0.15) is 26.2 Å². The molecular formula is C24H49KN3S+3. The van der Waals surface area contributed by atoms with Crippen molar-refractivity contribution in [2.24, 2.45) is 0 Å². The van der Waals surface area contributed by atoms with E-state index in [0.717, 1.165) is 4.90 Å². The van der Waals surface area contributed by atoms with Crippen molar-refractivity contribution in [2.75, 3.05) is 61.4 Å². The van der Waals surface area contributed by atoms with Crippen LogP contribution in [-0.2, 0) is 12.6 Å². The molecule has 3 nitrogen and oxygen atoms in total. The normalized spacial score (nSPS) is 11.5. The maximum absolute atomic E-state index is 5.59. The minimum absolute atomic E-state index is 0. The third-order valence-corrected chi connectivity index (χ3v) is 5.65. The zero-order valence-electron chi connectivity index (χ0n) is 21.6. The predicted octanol–water partition coefficient (Wildman–Crippen LogP) is -2.24. The molecule has 0 saturated heterocycles. The molecule has 3 N–H and O–H groups in total. The Morgan fingerprint density at radius 3 is 1.24 bits per heavy atom. The molecule has 0 radical (unpaired) electrons. The molecule has 29 heavy (non-hydrogen) atoms. The van der Waals surface area contributed by atoms with E-state index in [-0.39, 0.29) is 51.4 Å². The van der Waals surface area contributed by atoms with Crippen LogP contribution in [0.15, 0.2) is 17.0 Å². The van der Waals surface area contributed by atoms with Gasteiger partial charge in [-0.3, -0.25) is 0 Å². The Morgan fingerprint density at radius 1 is 0.655 bits per heavy atom. The van der Waals surface area contributed by atoms with Gasteiger partial charge in [-0.05, 0) is 23.3 Å². The van der Waals surface area contributed by atoms with Crippen molar-refractivity contribution in [3.63, 3.8) is 0 Å². The van der Waals surface area contributed by atoms with E-state index in [2.05, 4.69) is 88.9 Å². The Morgan fingerprint density at radius 2 is 1.00 bits per heavy atom. The van der Waals surface area contributed by atoms with Crippen LogP contribution in [0.2, 0.25) is 0 Å². The molecule has 5 heteroatoms. The van der Waals surface area contributed by atoms with Crippen LogP contribution >= 0.6 is 0 Å². The number of benzene rings is 1. The van der Waals surface area contributed by atoms with Gasteiger partial charge >= 0.3 is 51.4 Å². The van der Waals surface area contributed by atoms with Crippen molar-refractivity contribution in [3.8, 4) is 0 Å². The van der Waals surface area contributed by atoms with E-state index in [4.69, 9.17) is 12.6 Å². The fourth-order valence-corrected chi connectivity index (χ4v) is 3.53. The topological polar surface area (TPSA) is 13.3 Å². The van der Waals surface area contributed by atoms with Gasteiger partial charge in [-0.25, -0.2) is 0 Å². The fraction of sp³-hybridized carbons (Fsp3) is 0.750. The largest absolute Gasteiger partial charge is 1.00 e. The molecule has 0 atom stereocenters. The van der Waals surface area contributed by atoms with E-state index < -0.39 is 0 Å². The molecule has 164 valence electrons. The Bertz CT molecular complexity index is 516. The van der Waals surface area contributed by atoms with Crippen LogP contribution in [0.1, 0.15) is 76.0 Å². The monoisotopic (exact) mass is 450 g/mol. The van der Waals surface area contributed by atoms with Crippen LogP contribution in [0.3, 0.4) is 0 Å². The smallest absolute Gasteiger partial charge is 0.779 e. The van der Waals surface area contributed by atoms with Crippen LogP contribution in [-0.4, -0.2) is 61.4 Å². The molecule has 1 aromatic carbocycles. The molecule has 0 heterocycles. The number of likely N-dealkylation sites (N-methyl/N-ethyl adjacent to an activating group) is 3. The molecule has 1 rings (SSSR count). The Balaban J connectivity index is 0. The van der Waals surface area contributed by atoms with Gasteiger partial charge in [0.25, 0.3) is 0 Å². The van der Waals surface area contributed by atoms with Gasteiger partial charge in [-0.15, -0.1) is 0 Å². The third kappa shape index (κ3) is 13.9. The van der Waals surface area contributed by atoms with Crippen molar-refractivity contribution in [3.05, 3.63) is 28.8 Å². The van der Waals surface area contributed by atoms with Gasteiger partial charge in [-0.2, -0.15) is 4.90 Å². The van der Waals surface area contributed by atoms with E-state index in [0.29, 0.717) is 17.8 Å². The van der Waals surface area contributed by atoms with E-state index >= 15 is 0 Å². The summed E-state index contributed by atoms with van der Waals surface area (Å²) in [5, 5.41) is 0. The summed E-state index contributed by atoms with van der Waals surface area (Å²) in [7, 11) is 11.1. The van der Waals surface area contributed by atoms with Crippen molar-refractivity contribution >= 4 is 12.6 Å². The number of nitrogens with one attached hydrogen (secondary N) is 3. The predicted molar refractivity (Wildman–Crippen MR) is 126 cm³/mol. The van der Waals surface area contributed by atoms with Crippen molar-refractivity contribution in [1.29, 1.82) is 0 Å². The Kier molecular flexibility index (Phi) is 18.4. The average Bonchev–Trinajstić information content (AvgIpc) is 2.58. The zero-order valence-corrected chi connectivity index (χ0v) is 25.6. The molecule has 0 amide bonds. The first-order valence-corrected chi connectivity index (χ1v) is 11.5. The third-order valence-electron chi connectivity index (χ3n) is 5.18. The summed E-state index contributed by atoms with van der Waals surface area (Å²) in [6.07, 6.45) is 0. The number of quaternary nitrogens is 3. The summed E-state index contributed by atoms with van der Waals surface area (Å²) in [4.78, 5) is 5.82. The van der Waals surface area contributed by atoms with Crippen molar-refractivity contribution < 1.29 is 66.1 Å². The molecule has 0 aliphatic rings. The molecule has 0 spiro atoms. The first kappa shape index (κ1) is 32.1. The summed E-state index contributed by atoms with van der Waals surface area (Å²) < 4.78 is 0. The van der Waals surface area contributed by atoms with Crippen molar-refractivity contribution in [2.45, 2.75) is 64.2 Å². The van der Waals surface area contributed by atoms with Crippen molar-refractivity contribution in [1.82, 2.24) is 0 Å². The zero-order chi connectivity index (χ0) is 22.0. The Hall–Kier alpha value is 0.956. The van der Waals surface area contributed by atoms with Gasteiger partial charge in [0.2, 0.25) is 0 Å². The quantitative estimate of drug-likeness (QED) is 0.286. The van der Waals surface area contributed by atoms with Gasteiger partial charge in [0.15, 0.2) is 0 Å². The number of hydrogen-bond acceptors (Lipinski definition) is 1. The van der Waals surface area contributed by atoms with Crippen LogP contribution in [0.5, 0.6) is 0 Å². The first-order chi connectivity index (χ1) is 12.9. The molecule has 0 fully saturated rings. The van der Waals surface area contributed by atoms with E-state index in [1.807, 2.05) is 0 Å². The molecule has 1 aromatic rings. The summed E-state index contributed by atoms with van der Waals surface area (Å²) in [6.45, 7) is 18.5. The van der Waals surface area contributed by atoms with E-state index in [1.54, 1.807) is 14.7 Å². The molecule has 0 aliphatic heterocycles. The SMILES string of the molecule is CC(C)c1cc(C(C)C)c([S-])c(C(C)C)c1.C[NH+](C)CC[NH+](C)CC[NH+](C)C.[K+]. The molecule has 0 unspecified atom stereocenters. The van der Waals surface area contributed by atoms with Gasteiger partial charge < -0.3 is 27.3 Å². The molecule has 0 aromatic heterocycles. The van der Waals surface area contributed by atoms with Crippen LogP contribution in [0.4, 0.5) is 0 Å².